The van der Waals surface area contributed by atoms with E-state index in [1.54, 1.807) is 0 Å². The average molecular weight is 451 g/mol. The maximum Gasteiger partial charge on any atom is 0.150 e. The van der Waals surface area contributed by atoms with Gasteiger partial charge in [0.05, 0.1) is 24.9 Å². The first kappa shape index (κ1) is 20.5. The predicted octanol–water partition coefficient (Wildman–Crippen LogP) is 2.64. The van der Waals surface area contributed by atoms with Gasteiger partial charge in [-0.2, -0.15) is 0 Å². The van der Waals surface area contributed by atoms with E-state index in [4.69, 9.17) is 9.47 Å². The molecule has 0 amide bonds. The van der Waals surface area contributed by atoms with Crippen LogP contribution in [0.3, 0.4) is 0 Å². The molecule has 1 aromatic carbocycles. The molecular weight excluding hydrogens is 420 g/mol. The molecule has 1 aromatic rings. The smallest absolute Gasteiger partial charge is 0.150 e. The number of ether oxygens (including phenoxy) is 2. The van der Waals surface area contributed by atoms with Crippen molar-refractivity contribution in [2.24, 2.45) is 17.3 Å². The molecule has 0 radical (unpaired) electrons. The molecule has 174 valence electrons. The highest BCUT2D eigenvalue weighted by Gasteiger charge is 2.77. The van der Waals surface area contributed by atoms with Crippen molar-refractivity contribution in [3.8, 4) is 0 Å². The molecule has 9 atom stereocenters. The lowest BCUT2D eigenvalue weighted by Crippen LogP contribution is -2.77. The van der Waals surface area contributed by atoms with E-state index < -0.39 is 35.4 Å². The summed E-state index contributed by atoms with van der Waals surface area (Å²) in [7, 11) is 0. The number of fused-ring (bicyclic) bond motifs is 1. The molecule has 33 heavy (non-hydrogen) atoms. The summed E-state index contributed by atoms with van der Waals surface area (Å²) >= 11 is 0. The van der Waals surface area contributed by atoms with Crippen LogP contribution in [0.15, 0.2) is 17.7 Å². The Morgan fingerprint density at radius 3 is 2.82 bits per heavy atom. The second kappa shape index (κ2) is 6.42. The Morgan fingerprint density at radius 1 is 1.21 bits per heavy atom. The molecule has 8 rings (SSSR count). The Morgan fingerprint density at radius 2 is 2.03 bits per heavy atom. The molecule has 4 fully saturated rings. The first-order chi connectivity index (χ1) is 15.8. The molecule has 1 spiro atoms. The Labute approximate surface area is 193 Å². The highest BCUT2D eigenvalue weighted by molar-refractivity contribution is 5.93. The second-order valence-corrected chi connectivity index (χ2v) is 11.3. The maximum atomic E-state index is 13.7. The quantitative estimate of drug-likeness (QED) is 0.673. The highest BCUT2D eigenvalue weighted by atomic mass is 16.6. The van der Waals surface area contributed by atoms with Gasteiger partial charge in [0.25, 0.3) is 0 Å². The Balaban J connectivity index is 1.47. The molecule has 3 unspecified atom stereocenters. The van der Waals surface area contributed by atoms with Gasteiger partial charge < -0.3 is 19.7 Å². The minimum atomic E-state index is -1.29. The van der Waals surface area contributed by atoms with Crippen LogP contribution < -0.4 is 0 Å². The van der Waals surface area contributed by atoms with Crippen LogP contribution in [-0.2, 0) is 25.5 Å². The molecule has 1 saturated carbocycles. The maximum absolute atomic E-state index is 13.7. The summed E-state index contributed by atoms with van der Waals surface area (Å²) in [6.45, 7) is 4.63. The largest absolute Gasteiger partial charge is 0.387 e. The van der Waals surface area contributed by atoms with Gasteiger partial charge in [0.1, 0.15) is 29.2 Å². The number of Topliss-reactive ketones (excluding diaryl/α,β-unsaturated/α-hetero) is 1. The summed E-state index contributed by atoms with van der Waals surface area (Å²) in [6, 6.07) is 4.21. The molecule has 0 aromatic heterocycles. The number of aliphatic hydroxyl groups is 2. The van der Waals surface area contributed by atoms with Gasteiger partial charge in [0.2, 0.25) is 0 Å². The van der Waals surface area contributed by atoms with E-state index in [1.807, 2.05) is 6.07 Å². The third-order valence-electron chi connectivity index (χ3n) is 9.91. The molecular formula is C27H30O6. The number of allylic oxidation sites excluding steroid dienone is 2. The SMILES string of the molecule is C[C@@H]1CCC(c2cc3c4c(c2)[C@H](O)C25C(=O)CC(OC2[C@H]4[C@H](C)C3)[C@]2(O)CCO[C@H]52)=C1C=O. The molecule has 3 aliphatic heterocycles. The minimum Gasteiger partial charge on any atom is -0.387 e. The molecule has 6 heteroatoms. The standard InChI is InChI=1S/C27H30O6/c1-12-3-4-16(18(12)11-28)14-8-15-7-13(2)21-22(15)17(9-14)23(30)27-19(29)10-20(33-24(21)27)26(31)5-6-32-25(26)27/h8-9,11-13,20-21,23-25,30-31H,3-7,10H2,1-2H3/t12-,13-,20?,21+,23+,24?,25+,26-,27?/m1/s1. The zero-order valence-electron chi connectivity index (χ0n) is 19.0. The Kier molecular flexibility index (Phi) is 3.99. The van der Waals surface area contributed by atoms with Crippen LogP contribution in [0.2, 0.25) is 0 Å². The normalized spacial score (nSPS) is 47.0. The van der Waals surface area contributed by atoms with Crippen molar-refractivity contribution in [3.05, 3.63) is 40.0 Å². The van der Waals surface area contributed by atoms with Crippen LogP contribution in [0.25, 0.3) is 5.57 Å². The van der Waals surface area contributed by atoms with Crippen molar-refractivity contribution in [1.29, 1.82) is 0 Å². The van der Waals surface area contributed by atoms with Gasteiger partial charge in [-0.25, -0.2) is 0 Å². The number of benzene rings is 1. The van der Waals surface area contributed by atoms with E-state index >= 15 is 0 Å². The Bertz CT molecular complexity index is 1140. The average Bonchev–Trinajstić information content (AvgIpc) is 3.46. The first-order valence-corrected chi connectivity index (χ1v) is 12.4. The van der Waals surface area contributed by atoms with Crippen LogP contribution in [0.5, 0.6) is 0 Å². The molecule has 2 bridgehead atoms. The molecule has 4 aliphatic carbocycles. The number of carbonyl (C=O) groups is 2. The second-order valence-electron chi connectivity index (χ2n) is 11.3. The van der Waals surface area contributed by atoms with Crippen LogP contribution in [0, 0.1) is 17.3 Å². The van der Waals surface area contributed by atoms with Gasteiger partial charge in [-0.15, -0.1) is 0 Å². The predicted molar refractivity (Wildman–Crippen MR) is 118 cm³/mol. The molecule has 2 N–H and O–H groups in total. The number of hydrogen-bond acceptors (Lipinski definition) is 6. The zero-order valence-corrected chi connectivity index (χ0v) is 19.0. The van der Waals surface area contributed by atoms with Crippen molar-refractivity contribution in [1.82, 2.24) is 0 Å². The molecule has 3 heterocycles. The molecule has 3 saturated heterocycles. The summed E-state index contributed by atoms with van der Waals surface area (Å²) in [5.74, 6) is 0.404. The number of aldehydes is 1. The Hall–Kier alpha value is -1.86. The fourth-order valence-corrected chi connectivity index (χ4v) is 8.40. The van der Waals surface area contributed by atoms with E-state index in [0.29, 0.717) is 13.0 Å². The molecule has 6 nitrogen and oxygen atoms in total. The highest BCUT2D eigenvalue weighted by Crippen LogP contribution is 2.67. The zero-order chi connectivity index (χ0) is 22.9. The third kappa shape index (κ3) is 2.20. The summed E-state index contributed by atoms with van der Waals surface area (Å²) < 4.78 is 12.6. The first-order valence-electron chi connectivity index (χ1n) is 12.4. The lowest BCUT2D eigenvalue weighted by atomic mass is 9.49. The van der Waals surface area contributed by atoms with E-state index in [0.717, 1.165) is 53.4 Å². The van der Waals surface area contributed by atoms with Crippen molar-refractivity contribution in [2.45, 2.75) is 81.9 Å². The van der Waals surface area contributed by atoms with E-state index in [1.165, 1.54) is 5.56 Å². The van der Waals surface area contributed by atoms with Crippen molar-refractivity contribution < 1.29 is 29.3 Å². The van der Waals surface area contributed by atoms with Crippen LogP contribution in [0.1, 0.15) is 73.8 Å². The fraction of sp³-hybridized carbons (Fsp3) is 0.630. The summed E-state index contributed by atoms with van der Waals surface area (Å²) in [4.78, 5) is 25.5. The minimum absolute atomic E-state index is 0.0185. The summed E-state index contributed by atoms with van der Waals surface area (Å²) in [6.07, 6.45) is 1.21. The lowest BCUT2D eigenvalue weighted by molar-refractivity contribution is -0.310. The lowest BCUT2D eigenvalue weighted by Gasteiger charge is -2.64. The number of hydrogen-bond donors (Lipinski definition) is 2. The van der Waals surface area contributed by atoms with E-state index in [2.05, 4.69) is 19.9 Å². The van der Waals surface area contributed by atoms with Gasteiger partial charge >= 0.3 is 0 Å². The number of carbonyl (C=O) groups excluding carboxylic acids is 2. The van der Waals surface area contributed by atoms with Crippen LogP contribution in [0.4, 0.5) is 0 Å². The van der Waals surface area contributed by atoms with Gasteiger partial charge in [-0.05, 0) is 70.6 Å². The third-order valence-corrected chi connectivity index (χ3v) is 9.91. The summed E-state index contributed by atoms with van der Waals surface area (Å²) in [5, 5.41) is 23.5. The van der Waals surface area contributed by atoms with Gasteiger partial charge in [0.15, 0.2) is 0 Å². The number of ketones is 1. The van der Waals surface area contributed by atoms with E-state index in [9.17, 15) is 19.8 Å². The monoisotopic (exact) mass is 450 g/mol. The van der Waals surface area contributed by atoms with Gasteiger partial charge in [-0.3, -0.25) is 9.59 Å². The summed E-state index contributed by atoms with van der Waals surface area (Å²) in [5.41, 5.74) is 3.41. The van der Waals surface area contributed by atoms with E-state index in [-0.39, 0.29) is 30.0 Å². The topological polar surface area (TPSA) is 93.1 Å². The number of rotatable bonds is 2. The fourth-order valence-electron chi connectivity index (χ4n) is 8.40. The van der Waals surface area contributed by atoms with Gasteiger partial charge in [0, 0.05) is 18.8 Å². The van der Waals surface area contributed by atoms with Crippen LogP contribution >= 0.6 is 0 Å². The number of aliphatic hydroxyl groups excluding tert-OH is 1. The van der Waals surface area contributed by atoms with Crippen LogP contribution in [-0.4, -0.2) is 52.8 Å². The molecule has 7 aliphatic rings. The van der Waals surface area contributed by atoms with Crippen molar-refractivity contribution >= 4 is 17.6 Å². The van der Waals surface area contributed by atoms with Crippen molar-refractivity contribution in [2.75, 3.05) is 6.61 Å². The van der Waals surface area contributed by atoms with Gasteiger partial charge in [-0.1, -0.05) is 19.9 Å². The van der Waals surface area contributed by atoms with Crippen molar-refractivity contribution in [3.63, 3.8) is 0 Å².